The van der Waals surface area contributed by atoms with Gasteiger partial charge in [0, 0.05) is 24.1 Å². The van der Waals surface area contributed by atoms with Gasteiger partial charge in [-0.1, -0.05) is 18.2 Å². The van der Waals surface area contributed by atoms with Crippen molar-refractivity contribution in [2.45, 2.75) is 65.0 Å². The molecule has 0 atom stereocenters. The second-order valence-electron chi connectivity index (χ2n) is 7.60. The van der Waals surface area contributed by atoms with E-state index in [2.05, 4.69) is 5.32 Å². The Morgan fingerprint density at radius 2 is 1.79 bits per heavy atom. The Morgan fingerprint density at radius 3 is 2.38 bits per heavy atom. The van der Waals surface area contributed by atoms with E-state index >= 15 is 0 Å². The maximum atomic E-state index is 12.1. The lowest BCUT2D eigenvalue weighted by molar-refractivity contribution is -0.117. The Labute approximate surface area is 145 Å². The van der Waals surface area contributed by atoms with E-state index < -0.39 is 17.2 Å². The van der Waals surface area contributed by atoms with Crippen molar-refractivity contribution in [3.8, 4) is 0 Å². The zero-order valence-electron chi connectivity index (χ0n) is 15.3. The molecule has 0 saturated carbocycles. The molecule has 1 radical (unpaired) electrons. The number of hydrogen-bond acceptors (Lipinski definition) is 4. The SMILES string of the molecule is CC(C)(CC(=O)[CH]CCc1ccccc1N)NC(=O)OC(C)(C)C. The number of alkyl carbamates (subject to hydrolysis) is 1. The second-order valence-corrected chi connectivity index (χ2v) is 7.60. The molecule has 3 N–H and O–H groups in total. The van der Waals surface area contributed by atoms with Crippen molar-refractivity contribution < 1.29 is 14.3 Å². The van der Waals surface area contributed by atoms with Crippen LogP contribution in [0.25, 0.3) is 0 Å². The molecule has 5 heteroatoms. The molecule has 0 spiro atoms. The molecule has 0 aliphatic heterocycles. The van der Waals surface area contributed by atoms with E-state index in [9.17, 15) is 9.59 Å². The highest BCUT2D eigenvalue weighted by molar-refractivity contribution is 5.88. The smallest absolute Gasteiger partial charge is 0.408 e. The number of para-hydroxylation sites is 1. The molecule has 0 bridgehead atoms. The summed E-state index contributed by atoms with van der Waals surface area (Å²) in [6.07, 6.45) is 2.70. The van der Waals surface area contributed by atoms with E-state index in [1.54, 1.807) is 41.0 Å². The normalized spacial score (nSPS) is 11.9. The minimum Gasteiger partial charge on any atom is -0.444 e. The second kappa shape index (κ2) is 8.18. The van der Waals surface area contributed by atoms with Gasteiger partial charge in [0.05, 0.1) is 0 Å². The van der Waals surface area contributed by atoms with Gasteiger partial charge in [0.1, 0.15) is 11.4 Å². The van der Waals surface area contributed by atoms with E-state index in [0.29, 0.717) is 6.42 Å². The zero-order valence-corrected chi connectivity index (χ0v) is 15.3. The lowest BCUT2D eigenvalue weighted by atomic mass is 9.94. The summed E-state index contributed by atoms with van der Waals surface area (Å²) in [4.78, 5) is 23.9. The maximum Gasteiger partial charge on any atom is 0.408 e. The fourth-order valence-electron chi connectivity index (χ4n) is 2.28. The number of anilines is 1. The van der Waals surface area contributed by atoms with Crippen LogP contribution in [0.2, 0.25) is 0 Å². The minimum absolute atomic E-state index is 0.00874. The number of Topliss-reactive ketones (excluding diaryl/α,β-unsaturated/α-hetero) is 1. The number of carbonyl (C=O) groups excluding carboxylic acids is 2. The Morgan fingerprint density at radius 1 is 1.17 bits per heavy atom. The predicted octanol–water partition coefficient (Wildman–Crippen LogP) is 3.67. The standard InChI is InChI=1S/C19H29N2O3/c1-18(2,3)24-17(23)21-19(4,5)13-15(22)11-8-10-14-9-6-7-12-16(14)20/h6-7,9,11-12H,8,10,13,20H2,1-5H3,(H,21,23). The Kier molecular flexibility index (Phi) is 6.81. The quantitative estimate of drug-likeness (QED) is 0.746. The molecule has 0 heterocycles. The molecule has 1 aromatic carbocycles. The van der Waals surface area contributed by atoms with Gasteiger partial charge in [0.15, 0.2) is 0 Å². The molecule has 0 unspecified atom stereocenters. The summed E-state index contributed by atoms with van der Waals surface area (Å²) in [5, 5.41) is 2.74. The number of ether oxygens (including phenoxy) is 1. The van der Waals surface area contributed by atoms with Crippen molar-refractivity contribution in [2.24, 2.45) is 0 Å². The summed E-state index contributed by atoms with van der Waals surface area (Å²) in [5.74, 6) is -0.00874. The van der Waals surface area contributed by atoms with Crippen LogP contribution >= 0.6 is 0 Å². The predicted molar refractivity (Wildman–Crippen MR) is 96.5 cm³/mol. The molecule has 0 fully saturated rings. The van der Waals surface area contributed by atoms with Crippen LogP contribution < -0.4 is 11.1 Å². The molecule has 0 aromatic heterocycles. The first-order valence-electron chi connectivity index (χ1n) is 8.19. The summed E-state index contributed by atoms with van der Waals surface area (Å²) in [6.45, 7) is 9.01. The topological polar surface area (TPSA) is 81.4 Å². The Bertz CT molecular complexity index is 574. The third kappa shape index (κ3) is 7.99. The molecule has 1 aromatic rings. The van der Waals surface area contributed by atoms with Crippen LogP contribution in [-0.4, -0.2) is 23.0 Å². The van der Waals surface area contributed by atoms with Crippen LogP contribution in [0.5, 0.6) is 0 Å². The number of rotatable bonds is 7. The molecule has 0 saturated heterocycles. The number of ketones is 1. The monoisotopic (exact) mass is 333 g/mol. The highest BCUT2D eigenvalue weighted by Gasteiger charge is 2.26. The number of nitrogens with one attached hydrogen (secondary N) is 1. The van der Waals surface area contributed by atoms with Gasteiger partial charge < -0.3 is 15.8 Å². The molecule has 24 heavy (non-hydrogen) atoms. The summed E-state index contributed by atoms with van der Waals surface area (Å²) < 4.78 is 5.22. The van der Waals surface area contributed by atoms with Gasteiger partial charge in [-0.2, -0.15) is 0 Å². The van der Waals surface area contributed by atoms with Crippen molar-refractivity contribution in [2.75, 3.05) is 5.73 Å². The summed E-state index contributed by atoms with van der Waals surface area (Å²) in [6, 6.07) is 7.63. The fourth-order valence-corrected chi connectivity index (χ4v) is 2.28. The summed E-state index contributed by atoms with van der Waals surface area (Å²) in [7, 11) is 0. The van der Waals surface area contributed by atoms with Gasteiger partial charge in [0.2, 0.25) is 0 Å². The molecule has 133 valence electrons. The van der Waals surface area contributed by atoms with Gasteiger partial charge in [-0.05, 0) is 59.1 Å². The van der Waals surface area contributed by atoms with E-state index in [1.165, 1.54) is 0 Å². The van der Waals surface area contributed by atoms with Crippen molar-refractivity contribution >= 4 is 17.6 Å². The van der Waals surface area contributed by atoms with Crippen LogP contribution in [0.1, 0.15) is 53.0 Å². The molecule has 0 aliphatic rings. The van der Waals surface area contributed by atoms with Crippen LogP contribution in [0.4, 0.5) is 10.5 Å². The molecular weight excluding hydrogens is 304 g/mol. The fraction of sp³-hybridized carbons (Fsp3) is 0.526. The average Bonchev–Trinajstić information content (AvgIpc) is 2.37. The first kappa shape index (κ1) is 20.0. The van der Waals surface area contributed by atoms with Crippen LogP contribution in [0.15, 0.2) is 24.3 Å². The Balaban J connectivity index is 2.40. The number of carbonyl (C=O) groups is 2. The number of nitrogens with two attached hydrogens (primary N) is 1. The third-order valence-electron chi connectivity index (χ3n) is 3.30. The first-order valence-corrected chi connectivity index (χ1v) is 8.19. The number of hydrogen-bond donors (Lipinski definition) is 2. The van der Waals surface area contributed by atoms with Crippen LogP contribution in [0.3, 0.4) is 0 Å². The van der Waals surface area contributed by atoms with E-state index in [4.69, 9.17) is 10.5 Å². The van der Waals surface area contributed by atoms with Crippen molar-refractivity contribution in [1.29, 1.82) is 0 Å². The lowest BCUT2D eigenvalue weighted by Gasteiger charge is -2.28. The molecule has 1 rings (SSSR count). The number of nitrogen functional groups attached to an aromatic ring is 1. The van der Waals surface area contributed by atoms with E-state index in [1.807, 2.05) is 24.3 Å². The molecule has 0 aliphatic carbocycles. The van der Waals surface area contributed by atoms with Crippen molar-refractivity contribution in [3.05, 3.63) is 36.2 Å². The Hall–Kier alpha value is -2.04. The highest BCUT2D eigenvalue weighted by Crippen LogP contribution is 2.16. The van der Waals surface area contributed by atoms with Gasteiger partial charge >= 0.3 is 6.09 Å². The van der Waals surface area contributed by atoms with E-state index in [-0.39, 0.29) is 12.2 Å². The summed E-state index contributed by atoms with van der Waals surface area (Å²) in [5.41, 5.74) is 6.43. The van der Waals surface area contributed by atoms with Gasteiger partial charge in [-0.3, -0.25) is 4.79 Å². The van der Waals surface area contributed by atoms with Crippen LogP contribution in [0, 0.1) is 6.42 Å². The number of aryl methyl sites for hydroxylation is 1. The van der Waals surface area contributed by atoms with Crippen molar-refractivity contribution in [1.82, 2.24) is 5.32 Å². The first-order chi connectivity index (χ1) is 11.0. The molecule has 5 nitrogen and oxygen atoms in total. The highest BCUT2D eigenvalue weighted by atomic mass is 16.6. The van der Waals surface area contributed by atoms with Crippen molar-refractivity contribution in [3.63, 3.8) is 0 Å². The third-order valence-corrected chi connectivity index (χ3v) is 3.30. The van der Waals surface area contributed by atoms with Gasteiger partial charge in [-0.25, -0.2) is 4.79 Å². The summed E-state index contributed by atoms with van der Waals surface area (Å²) >= 11 is 0. The minimum atomic E-state index is -0.665. The number of benzene rings is 1. The molecular formula is C19H29N2O3. The van der Waals surface area contributed by atoms with Gasteiger partial charge in [-0.15, -0.1) is 0 Å². The lowest BCUT2D eigenvalue weighted by Crippen LogP contribution is -2.47. The van der Waals surface area contributed by atoms with E-state index in [0.717, 1.165) is 17.7 Å². The number of amides is 1. The van der Waals surface area contributed by atoms with Gasteiger partial charge in [0.25, 0.3) is 0 Å². The molecule has 1 amide bonds. The maximum absolute atomic E-state index is 12.1. The zero-order chi connectivity index (χ0) is 18.4. The largest absolute Gasteiger partial charge is 0.444 e. The average molecular weight is 333 g/mol. The van der Waals surface area contributed by atoms with Crippen LogP contribution in [-0.2, 0) is 16.0 Å².